The molecule has 0 fully saturated rings. The van der Waals surface area contributed by atoms with Gasteiger partial charge in [0.15, 0.2) is 0 Å². The maximum absolute atomic E-state index is 6.18. The second kappa shape index (κ2) is 8.10. The Hall–Kier alpha value is -0.0500. The van der Waals surface area contributed by atoms with Crippen molar-refractivity contribution in [1.29, 1.82) is 0 Å². The second-order valence-corrected chi connectivity index (χ2v) is 5.02. The van der Waals surface area contributed by atoms with Crippen LogP contribution in [0.4, 0.5) is 0 Å². The fraction of sp³-hybridized carbons (Fsp3) is 0.538. The molecular weight excluding hydrogens is 286 g/mol. The van der Waals surface area contributed by atoms with Gasteiger partial charge in [-0.25, -0.2) is 0 Å². The molecule has 0 aliphatic heterocycles. The van der Waals surface area contributed by atoms with E-state index in [2.05, 4.69) is 48.0 Å². The number of benzene rings is 1. The summed E-state index contributed by atoms with van der Waals surface area (Å²) in [6, 6.07) is 6.52. The van der Waals surface area contributed by atoms with Crippen molar-refractivity contribution in [1.82, 2.24) is 0 Å². The van der Waals surface area contributed by atoms with Crippen LogP contribution in [-0.4, -0.2) is 0 Å². The van der Waals surface area contributed by atoms with Gasteiger partial charge in [-0.2, -0.15) is 0 Å². The van der Waals surface area contributed by atoms with Gasteiger partial charge in [0.2, 0.25) is 0 Å². The molecule has 0 amide bonds. The first kappa shape index (κ1) is 16.0. The minimum atomic E-state index is 0. The molecule has 1 rings (SSSR count). The predicted molar refractivity (Wildman–Crippen MR) is 77.2 cm³/mol. The SMILES string of the molecule is CCCCC[C@H](N)c1cc(Br)ccc1C.Cl. The summed E-state index contributed by atoms with van der Waals surface area (Å²) in [5.74, 6) is 0. The number of nitrogens with two attached hydrogens (primary N) is 1. The van der Waals surface area contributed by atoms with E-state index in [1.807, 2.05) is 0 Å². The number of hydrogen-bond donors (Lipinski definition) is 1. The summed E-state index contributed by atoms with van der Waals surface area (Å²) < 4.78 is 1.12. The second-order valence-electron chi connectivity index (χ2n) is 4.10. The highest BCUT2D eigenvalue weighted by Crippen LogP contribution is 2.24. The topological polar surface area (TPSA) is 26.0 Å². The number of unbranched alkanes of at least 4 members (excludes halogenated alkanes) is 2. The van der Waals surface area contributed by atoms with Gasteiger partial charge in [0.1, 0.15) is 0 Å². The van der Waals surface area contributed by atoms with Crippen molar-refractivity contribution in [3.8, 4) is 0 Å². The molecule has 0 heterocycles. The Morgan fingerprint density at radius 1 is 1.31 bits per heavy atom. The van der Waals surface area contributed by atoms with E-state index in [0.29, 0.717) is 0 Å². The van der Waals surface area contributed by atoms with Crippen molar-refractivity contribution < 1.29 is 0 Å². The molecule has 0 aliphatic carbocycles. The molecule has 0 saturated carbocycles. The average molecular weight is 307 g/mol. The van der Waals surface area contributed by atoms with Crippen LogP contribution in [0.5, 0.6) is 0 Å². The molecule has 0 saturated heterocycles. The van der Waals surface area contributed by atoms with E-state index in [-0.39, 0.29) is 18.4 Å². The van der Waals surface area contributed by atoms with Gasteiger partial charge in [0.25, 0.3) is 0 Å². The van der Waals surface area contributed by atoms with Crippen molar-refractivity contribution in [3.63, 3.8) is 0 Å². The van der Waals surface area contributed by atoms with E-state index >= 15 is 0 Å². The molecule has 1 nitrogen and oxygen atoms in total. The quantitative estimate of drug-likeness (QED) is 0.780. The summed E-state index contributed by atoms with van der Waals surface area (Å²) in [7, 11) is 0. The summed E-state index contributed by atoms with van der Waals surface area (Å²) in [5, 5.41) is 0. The highest BCUT2D eigenvalue weighted by Gasteiger charge is 2.08. The number of halogens is 2. The molecular formula is C13H21BrClN. The fourth-order valence-corrected chi connectivity index (χ4v) is 2.16. The van der Waals surface area contributed by atoms with Crippen LogP contribution in [0.3, 0.4) is 0 Å². The zero-order valence-corrected chi connectivity index (χ0v) is 12.4. The van der Waals surface area contributed by atoms with E-state index in [0.717, 1.165) is 10.9 Å². The highest BCUT2D eigenvalue weighted by atomic mass is 79.9. The van der Waals surface area contributed by atoms with Crippen LogP contribution in [0.1, 0.15) is 49.8 Å². The Labute approximate surface area is 113 Å². The molecule has 92 valence electrons. The fourth-order valence-electron chi connectivity index (χ4n) is 1.78. The lowest BCUT2D eigenvalue weighted by molar-refractivity contribution is 0.579. The predicted octanol–water partition coefficient (Wildman–Crippen LogP) is 4.76. The lowest BCUT2D eigenvalue weighted by Gasteiger charge is -2.14. The van der Waals surface area contributed by atoms with Crippen LogP contribution in [0, 0.1) is 6.92 Å². The zero-order chi connectivity index (χ0) is 11.3. The lowest BCUT2D eigenvalue weighted by Crippen LogP contribution is -2.11. The van der Waals surface area contributed by atoms with Crippen LogP contribution in [0.25, 0.3) is 0 Å². The summed E-state index contributed by atoms with van der Waals surface area (Å²) in [4.78, 5) is 0. The third-order valence-electron chi connectivity index (χ3n) is 2.76. The maximum Gasteiger partial charge on any atom is 0.0297 e. The molecule has 0 bridgehead atoms. The summed E-state index contributed by atoms with van der Waals surface area (Å²) >= 11 is 3.49. The van der Waals surface area contributed by atoms with Crippen LogP contribution >= 0.6 is 28.3 Å². The van der Waals surface area contributed by atoms with Gasteiger partial charge < -0.3 is 5.73 Å². The molecule has 0 radical (unpaired) electrons. The van der Waals surface area contributed by atoms with Crippen LogP contribution in [0.2, 0.25) is 0 Å². The lowest BCUT2D eigenvalue weighted by atomic mass is 9.97. The molecule has 0 aromatic heterocycles. The van der Waals surface area contributed by atoms with Gasteiger partial charge in [-0.05, 0) is 36.6 Å². The molecule has 0 unspecified atom stereocenters. The summed E-state index contributed by atoms with van der Waals surface area (Å²) in [5.41, 5.74) is 8.76. The number of rotatable bonds is 5. The molecule has 1 aromatic rings. The normalized spacial score (nSPS) is 12.0. The molecule has 1 atom stereocenters. The number of aryl methyl sites for hydroxylation is 1. The van der Waals surface area contributed by atoms with Crippen molar-refractivity contribution in [3.05, 3.63) is 33.8 Å². The molecule has 2 N–H and O–H groups in total. The van der Waals surface area contributed by atoms with Crippen molar-refractivity contribution in [2.45, 2.75) is 45.6 Å². The maximum atomic E-state index is 6.18. The third-order valence-corrected chi connectivity index (χ3v) is 3.25. The monoisotopic (exact) mass is 305 g/mol. The van der Waals surface area contributed by atoms with E-state index < -0.39 is 0 Å². The van der Waals surface area contributed by atoms with Crippen LogP contribution in [0.15, 0.2) is 22.7 Å². The van der Waals surface area contributed by atoms with Gasteiger partial charge in [0.05, 0.1) is 0 Å². The summed E-state index contributed by atoms with van der Waals surface area (Å²) in [6.07, 6.45) is 4.85. The standard InChI is InChI=1S/C13H20BrN.ClH/c1-3-4-5-6-13(15)12-9-11(14)8-7-10(12)2;/h7-9,13H,3-6,15H2,1-2H3;1H/t13-;/m0./s1. The molecule has 1 aromatic carbocycles. The third kappa shape index (κ3) is 4.86. The van der Waals surface area contributed by atoms with Gasteiger partial charge in [0, 0.05) is 10.5 Å². The van der Waals surface area contributed by atoms with E-state index in [1.54, 1.807) is 0 Å². The van der Waals surface area contributed by atoms with E-state index in [1.165, 1.54) is 30.4 Å². The number of hydrogen-bond acceptors (Lipinski definition) is 1. The van der Waals surface area contributed by atoms with Crippen molar-refractivity contribution in [2.24, 2.45) is 5.73 Å². The smallest absolute Gasteiger partial charge is 0.0297 e. The van der Waals surface area contributed by atoms with E-state index in [4.69, 9.17) is 5.73 Å². The zero-order valence-electron chi connectivity index (χ0n) is 10.0. The van der Waals surface area contributed by atoms with E-state index in [9.17, 15) is 0 Å². The first-order chi connectivity index (χ1) is 7.15. The Morgan fingerprint density at radius 3 is 2.62 bits per heavy atom. The average Bonchev–Trinajstić information content (AvgIpc) is 2.22. The highest BCUT2D eigenvalue weighted by molar-refractivity contribution is 9.10. The van der Waals surface area contributed by atoms with Crippen molar-refractivity contribution in [2.75, 3.05) is 0 Å². The van der Waals surface area contributed by atoms with Gasteiger partial charge in [-0.1, -0.05) is 48.2 Å². The minimum absolute atomic E-state index is 0. The van der Waals surface area contributed by atoms with Gasteiger partial charge in [-0.15, -0.1) is 12.4 Å². The van der Waals surface area contributed by atoms with Gasteiger partial charge >= 0.3 is 0 Å². The largest absolute Gasteiger partial charge is 0.324 e. The molecule has 0 aliphatic rings. The van der Waals surface area contributed by atoms with Crippen LogP contribution < -0.4 is 5.73 Å². The molecule has 3 heteroatoms. The van der Waals surface area contributed by atoms with Crippen LogP contribution in [-0.2, 0) is 0 Å². The Bertz CT molecular complexity index is 315. The first-order valence-electron chi connectivity index (χ1n) is 5.66. The Balaban J connectivity index is 0.00000225. The summed E-state index contributed by atoms with van der Waals surface area (Å²) in [6.45, 7) is 4.34. The van der Waals surface area contributed by atoms with Crippen molar-refractivity contribution >= 4 is 28.3 Å². The minimum Gasteiger partial charge on any atom is -0.324 e. The first-order valence-corrected chi connectivity index (χ1v) is 6.46. The van der Waals surface area contributed by atoms with Gasteiger partial charge in [-0.3, -0.25) is 0 Å². The Kier molecular flexibility index (Phi) is 8.08. The Morgan fingerprint density at radius 2 is 2.00 bits per heavy atom. The molecule has 16 heavy (non-hydrogen) atoms. The molecule has 0 spiro atoms.